The normalized spacial score (nSPS) is 18.1. The summed E-state index contributed by atoms with van der Waals surface area (Å²) in [6, 6.07) is 13.0. The molecule has 2 aliphatic rings. The number of benzene rings is 2. The van der Waals surface area contributed by atoms with Crippen LogP contribution in [0.5, 0.6) is 0 Å². The molecule has 0 aromatic heterocycles. The number of hydrogen-bond donors (Lipinski definition) is 2. The van der Waals surface area contributed by atoms with Crippen LogP contribution in [0.25, 0.3) is 11.1 Å². The monoisotopic (exact) mass is 580 g/mol. The van der Waals surface area contributed by atoms with E-state index in [2.05, 4.69) is 16.3 Å². The first-order chi connectivity index (χ1) is 19.9. The highest BCUT2D eigenvalue weighted by Crippen LogP contribution is 2.31. The largest absolute Gasteiger partial charge is 0.480 e. The number of hydrogen-bond acceptors (Lipinski definition) is 5. The van der Waals surface area contributed by atoms with Gasteiger partial charge in [0.1, 0.15) is 6.04 Å². The molecule has 2 atom stereocenters. The van der Waals surface area contributed by atoms with Gasteiger partial charge in [0.2, 0.25) is 0 Å². The number of carboxylic acid groups (broad SMARTS) is 1. The van der Waals surface area contributed by atoms with Gasteiger partial charge in [-0.1, -0.05) is 68.9 Å². The van der Waals surface area contributed by atoms with Crippen molar-refractivity contribution in [2.24, 2.45) is 5.92 Å². The molecule has 1 saturated heterocycles. The standard InChI is InChI=1S/C34H48N2O4S/c1-25-11-7-8-14-29(25)31-22-27(15-16-30(31)33(37)35-32(34(38)39)17-20-41-2)24-40-28(21-26-12-5-3-6-13-26)23-36-18-9-4-10-19-36/h7-8,11,14-16,22,26,28,32H,3-6,9-10,12-13,17-21,23-24H2,1-2H3,(H,35,37)(H,38,39). The van der Waals surface area contributed by atoms with Crippen LogP contribution in [0.1, 0.15) is 85.7 Å². The highest BCUT2D eigenvalue weighted by Gasteiger charge is 2.25. The second-order valence-electron chi connectivity index (χ2n) is 11.9. The average molecular weight is 581 g/mol. The highest BCUT2D eigenvalue weighted by molar-refractivity contribution is 7.98. The van der Waals surface area contributed by atoms with Crippen molar-refractivity contribution >= 4 is 23.6 Å². The Morgan fingerprint density at radius 1 is 1.02 bits per heavy atom. The van der Waals surface area contributed by atoms with Gasteiger partial charge in [0.05, 0.1) is 12.7 Å². The molecule has 2 aromatic rings. The molecule has 2 fully saturated rings. The SMILES string of the molecule is CSCCC(NC(=O)c1ccc(COC(CC2CCCCC2)CN2CCCCC2)cc1-c1ccccc1C)C(=O)O. The summed E-state index contributed by atoms with van der Waals surface area (Å²) in [5.74, 6) is 0.0509. The first kappa shape index (κ1) is 31.6. The minimum atomic E-state index is -1.01. The number of carbonyl (C=O) groups excluding carboxylic acids is 1. The van der Waals surface area contributed by atoms with Gasteiger partial charge < -0.3 is 20.1 Å². The van der Waals surface area contributed by atoms with Crippen molar-refractivity contribution in [1.82, 2.24) is 10.2 Å². The second-order valence-corrected chi connectivity index (χ2v) is 12.9. The van der Waals surface area contributed by atoms with Crippen molar-refractivity contribution < 1.29 is 19.4 Å². The van der Waals surface area contributed by atoms with Crippen molar-refractivity contribution in [3.8, 4) is 11.1 Å². The smallest absolute Gasteiger partial charge is 0.326 e. The third-order valence-corrected chi connectivity index (χ3v) is 9.34. The number of nitrogens with zero attached hydrogens (tertiary/aromatic N) is 1. The predicted octanol–water partition coefficient (Wildman–Crippen LogP) is 6.94. The van der Waals surface area contributed by atoms with Crippen LogP contribution in [0.15, 0.2) is 42.5 Å². The molecule has 7 heteroatoms. The molecule has 6 nitrogen and oxygen atoms in total. The zero-order valence-corrected chi connectivity index (χ0v) is 25.7. The van der Waals surface area contributed by atoms with Crippen LogP contribution in [0.4, 0.5) is 0 Å². The molecule has 2 unspecified atom stereocenters. The van der Waals surface area contributed by atoms with Crippen LogP contribution in [-0.2, 0) is 16.1 Å². The molecule has 2 aromatic carbocycles. The van der Waals surface area contributed by atoms with E-state index in [9.17, 15) is 14.7 Å². The molecule has 0 radical (unpaired) electrons. The topological polar surface area (TPSA) is 78.9 Å². The first-order valence-electron chi connectivity index (χ1n) is 15.5. The van der Waals surface area contributed by atoms with Crippen LogP contribution >= 0.6 is 11.8 Å². The van der Waals surface area contributed by atoms with Crippen LogP contribution in [0.2, 0.25) is 0 Å². The van der Waals surface area contributed by atoms with E-state index in [4.69, 9.17) is 4.74 Å². The molecule has 224 valence electrons. The maximum absolute atomic E-state index is 13.4. The van der Waals surface area contributed by atoms with Crippen molar-refractivity contribution in [1.29, 1.82) is 0 Å². The van der Waals surface area contributed by atoms with Gasteiger partial charge >= 0.3 is 5.97 Å². The Kier molecular flexibility index (Phi) is 12.6. The number of carboxylic acids is 1. The van der Waals surface area contributed by atoms with E-state index in [0.717, 1.165) is 41.1 Å². The number of piperidine rings is 1. The summed E-state index contributed by atoms with van der Waals surface area (Å²) < 4.78 is 6.67. The van der Waals surface area contributed by atoms with E-state index >= 15 is 0 Å². The number of thioether (sulfide) groups is 1. The van der Waals surface area contributed by atoms with Gasteiger partial charge in [-0.25, -0.2) is 4.79 Å². The predicted molar refractivity (Wildman–Crippen MR) is 169 cm³/mol. The zero-order chi connectivity index (χ0) is 29.0. The average Bonchev–Trinajstić information content (AvgIpc) is 2.99. The van der Waals surface area contributed by atoms with E-state index in [0.29, 0.717) is 24.3 Å². The number of rotatable bonds is 14. The molecule has 1 saturated carbocycles. The molecule has 1 heterocycles. The van der Waals surface area contributed by atoms with Gasteiger partial charge in [-0.05, 0) is 98.0 Å². The van der Waals surface area contributed by atoms with E-state index in [-0.39, 0.29) is 12.0 Å². The number of carbonyl (C=O) groups is 2. The van der Waals surface area contributed by atoms with Gasteiger partial charge in [-0.15, -0.1) is 0 Å². The third-order valence-electron chi connectivity index (χ3n) is 8.70. The summed E-state index contributed by atoms with van der Waals surface area (Å²) in [5.41, 5.74) is 4.38. The lowest BCUT2D eigenvalue weighted by Crippen LogP contribution is -2.41. The van der Waals surface area contributed by atoms with Crippen molar-refractivity contribution in [2.45, 2.75) is 89.9 Å². The molecule has 0 spiro atoms. The van der Waals surface area contributed by atoms with E-state index in [1.165, 1.54) is 64.5 Å². The fourth-order valence-corrected chi connectivity index (χ4v) is 6.81. The van der Waals surface area contributed by atoms with Gasteiger partial charge in [0.25, 0.3) is 5.91 Å². The summed E-state index contributed by atoms with van der Waals surface area (Å²) in [6.45, 7) is 5.86. The third kappa shape index (κ3) is 9.59. The maximum atomic E-state index is 13.4. The Morgan fingerprint density at radius 2 is 1.76 bits per heavy atom. The summed E-state index contributed by atoms with van der Waals surface area (Å²) in [5, 5.41) is 12.5. The molecule has 4 rings (SSSR count). The van der Waals surface area contributed by atoms with E-state index in [1.54, 1.807) is 11.8 Å². The Hall–Kier alpha value is -2.35. The highest BCUT2D eigenvalue weighted by atomic mass is 32.2. The number of aryl methyl sites for hydroxylation is 1. The van der Waals surface area contributed by atoms with E-state index < -0.39 is 12.0 Å². The molecule has 0 bridgehead atoms. The summed E-state index contributed by atoms with van der Waals surface area (Å²) in [4.78, 5) is 27.8. The van der Waals surface area contributed by atoms with Crippen molar-refractivity contribution in [3.63, 3.8) is 0 Å². The number of amides is 1. The number of aliphatic carboxylic acids is 1. The summed E-state index contributed by atoms with van der Waals surface area (Å²) >= 11 is 1.57. The van der Waals surface area contributed by atoms with Crippen LogP contribution in [0.3, 0.4) is 0 Å². The Balaban J connectivity index is 1.53. The van der Waals surface area contributed by atoms with Crippen LogP contribution in [0, 0.1) is 12.8 Å². The molecule has 1 aliphatic carbocycles. The molecular formula is C34H48N2O4S. The van der Waals surface area contributed by atoms with E-state index in [1.807, 2.05) is 49.6 Å². The zero-order valence-electron chi connectivity index (χ0n) is 24.9. The lowest BCUT2D eigenvalue weighted by molar-refractivity contribution is -0.139. The Morgan fingerprint density at radius 3 is 2.46 bits per heavy atom. The first-order valence-corrected chi connectivity index (χ1v) is 16.9. The molecule has 41 heavy (non-hydrogen) atoms. The molecule has 1 amide bonds. The van der Waals surface area contributed by atoms with Gasteiger partial charge in [-0.3, -0.25) is 4.79 Å². The van der Waals surface area contributed by atoms with Crippen LogP contribution < -0.4 is 5.32 Å². The lowest BCUT2D eigenvalue weighted by Gasteiger charge is -2.33. The Labute approximate surface area is 250 Å². The van der Waals surface area contributed by atoms with Crippen LogP contribution in [-0.4, -0.2) is 65.7 Å². The summed E-state index contributed by atoms with van der Waals surface area (Å²) in [7, 11) is 0. The quantitative estimate of drug-likeness (QED) is 0.252. The molecule has 2 N–H and O–H groups in total. The summed E-state index contributed by atoms with van der Waals surface area (Å²) in [6.07, 6.45) is 14.2. The molecular weight excluding hydrogens is 532 g/mol. The van der Waals surface area contributed by atoms with Crippen molar-refractivity contribution in [3.05, 3.63) is 59.2 Å². The molecule has 1 aliphatic heterocycles. The van der Waals surface area contributed by atoms with Crippen molar-refractivity contribution in [2.75, 3.05) is 31.6 Å². The fraction of sp³-hybridized carbons (Fsp3) is 0.588. The second kappa shape index (κ2) is 16.3. The lowest BCUT2D eigenvalue weighted by atomic mass is 9.85. The number of ether oxygens (including phenoxy) is 1. The number of likely N-dealkylation sites (tertiary alicyclic amines) is 1. The minimum absolute atomic E-state index is 0.203. The van der Waals surface area contributed by atoms with Gasteiger partial charge in [0.15, 0.2) is 0 Å². The fourth-order valence-electron chi connectivity index (χ4n) is 6.34. The van der Waals surface area contributed by atoms with Gasteiger partial charge in [0, 0.05) is 12.1 Å². The minimum Gasteiger partial charge on any atom is -0.480 e. The van der Waals surface area contributed by atoms with Gasteiger partial charge in [-0.2, -0.15) is 11.8 Å². The number of nitrogens with one attached hydrogen (secondary N) is 1. The maximum Gasteiger partial charge on any atom is 0.326 e. The Bertz CT molecular complexity index is 1110.